The van der Waals surface area contributed by atoms with Crippen molar-refractivity contribution in [2.24, 2.45) is 11.3 Å². The first-order valence-corrected chi connectivity index (χ1v) is 11.5. The number of hydrogen-bond acceptors (Lipinski definition) is 3. The summed E-state index contributed by atoms with van der Waals surface area (Å²) in [5.41, 5.74) is 4.25. The van der Waals surface area contributed by atoms with E-state index in [1.165, 1.54) is 31.2 Å². The summed E-state index contributed by atoms with van der Waals surface area (Å²) in [5, 5.41) is 15.0. The lowest BCUT2D eigenvalue weighted by Gasteiger charge is -2.34. The summed E-state index contributed by atoms with van der Waals surface area (Å²) in [6, 6.07) is 10.9. The molecular weight excluding hydrogens is 370 g/mol. The number of aryl methyl sites for hydroxylation is 1. The molecule has 1 saturated carbocycles. The average Bonchev–Trinajstić information content (AvgIpc) is 3.34. The number of ketones is 1. The van der Waals surface area contributed by atoms with Crippen molar-refractivity contribution >= 4 is 5.78 Å². The summed E-state index contributed by atoms with van der Waals surface area (Å²) in [6.45, 7) is 8.41. The maximum atomic E-state index is 13.2. The van der Waals surface area contributed by atoms with Gasteiger partial charge in [-0.3, -0.25) is 4.79 Å². The van der Waals surface area contributed by atoms with Gasteiger partial charge in [-0.05, 0) is 47.8 Å². The first-order chi connectivity index (χ1) is 14.3. The number of nitrogens with zero attached hydrogens (tertiary/aromatic N) is 3. The molecule has 0 radical (unpaired) electrons. The second kappa shape index (κ2) is 8.02. The number of fused-ring (bicyclic) bond motifs is 1. The molecule has 0 spiro atoms. The molecule has 0 N–H and O–H groups in total. The van der Waals surface area contributed by atoms with E-state index in [4.69, 9.17) is 5.10 Å². The summed E-state index contributed by atoms with van der Waals surface area (Å²) < 4.78 is 1.90. The number of Topliss-reactive ketones (excluding diaryl/α,β-unsaturated/α-hetero) is 1. The normalized spacial score (nSPS) is 21.1. The molecule has 4 rings (SSSR count). The molecule has 1 heterocycles. The van der Waals surface area contributed by atoms with E-state index in [1.54, 1.807) is 0 Å². The number of carbonyl (C=O) groups is 1. The van der Waals surface area contributed by atoms with Crippen LogP contribution in [0.25, 0.3) is 5.69 Å². The summed E-state index contributed by atoms with van der Waals surface area (Å²) in [4.78, 5) is 13.2. The second-order valence-electron chi connectivity index (χ2n) is 10.2. The van der Waals surface area contributed by atoms with Crippen LogP contribution in [0.5, 0.6) is 0 Å². The van der Waals surface area contributed by atoms with Gasteiger partial charge in [-0.1, -0.05) is 65.5 Å². The zero-order chi connectivity index (χ0) is 21.5. The minimum absolute atomic E-state index is 0.146. The summed E-state index contributed by atoms with van der Waals surface area (Å²) in [7, 11) is 0. The molecular formula is C26H33N3O. The Bertz CT molecular complexity index is 969. The molecule has 1 aromatic heterocycles. The third-order valence-electron chi connectivity index (χ3n) is 7.14. The number of aromatic nitrogens is 2. The molecule has 30 heavy (non-hydrogen) atoms. The number of rotatable bonds is 5. The monoisotopic (exact) mass is 403 g/mol. The lowest BCUT2D eigenvalue weighted by Crippen LogP contribution is -2.32. The first kappa shape index (κ1) is 20.8. The van der Waals surface area contributed by atoms with Gasteiger partial charge >= 0.3 is 0 Å². The molecule has 2 aliphatic rings. The number of hydrogen-bond donors (Lipinski definition) is 0. The molecule has 0 bridgehead atoms. The molecule has 0 amide bonds. The lowest BCUT2D eigenvalue weighted by molar-refractivity contribution is 0.0898. The minimum Gasteiger partial charge on any atom is -0.294 e. The van der Waals surface area contributed by atoms with Gasteiger partial charge in [0.1, 0.15) is 0 Å². The fourth-order valence-corrected chi connectivity index (χ4v) is 5.27. The van der Waals surface area contributed by atoms with Gasteiger partial charge in [0.05, 0.1) is 34.6 Å². The maximum Gasteiger partial charge on any atom is 0.167 e. The van der Waals surface area contributed by atoms with Gasteiger partial charge in [0, 0.05) is 6.42 Å². The van der Waals surface area contributed by atoms with E-state index >= 15 is 0 Å². The molecule has 1 atom stereocenters. The maximum absolute atomic E-state index is 13.2. The Balaban J connectivity index is 1.79. The Hall–Kier alpha value is -2.41. The summed E-state index contributed by atoms with van der Waals surface area (Å²) in [6.07, 6.45) is 7.56. The summed E-state index contributed by atoms with van der Waals surface area (Å²) in [5.74, 6) is 1.01. The second-order valence-corrected chi connectivity index (χ2v) is 10.2. The molecule has 2 aliphatic carbocycles. The number of nitriles is 1. The largest absolute Gasteiger partial charge is 0.294 e. The molecule has 1 fully saturated rings. The van der Waals surface area contributed by atoms with E-state index in [2.05, 4.69) is 44.2 Å². The molecule has 0 aliphatic heterocycles. The van der Waals surface area contributed by atoms with Gasteiger partial charge in [0.2, 0.25) is 0 Å². The Morgan fingerprint density at radius 2 is 1.87 bits per heavy atom. The molecule has 0 saturated heterocycles. The molecule has 1 unspecified atom stereocenters. The highest BCUT2D eigenvalue weighted by atomic mass is 16.1. The quantitative estimate of drug-likeness (QED) is 0.585. The molecule has 158 valence electrons. The highest BCUT2D eigenvalue weighted by molar-refractivity contribution is 6.00. The predicted molar refractivity (Wildman–Crippen MR) is 119 cm³/mol. The summed E-state index contributed by atoms with van der Waals surface area (Å²) >= 11 is 0. The fraction of sp³-hybridized carbons (Fsp3) is 0.577. The van der Waals surface area contributed by atoms with E-state index in [0.29, 0.717) is 12.3 Å². The van der Waals surface area contributed by atoms with Crippen molar-refractivity contribution in [2.75, 3.05) is 0 Å². The van der Waals surface area contributed by atoms with Crippen molar-refractivity contribution in [1.29, 1.82) is 5.26 Å². The van der Waals surface area contributed by atoms with Crippen molar-refractivity contribution in [1.82, 2.24) is 9.78 Å². The molecule has 2 aromatic rings. The van der Waals surface area contributed by atoms with Crippen LogP contribution in [-0.2, 0) is 6.42 Å². The Morgan fingerprint density at radius 1 is 1.20 bits per heavy atom. The van der Waals surface area contributed by atoms with Crippen LogP contribution >= 0.6 is 0 Å². The van der Waals surface area contributed by atoms with Gasteiger partial charge in [-0.15, -0.1) is 0 Å². The highest BCUT2D eigenvalue weighted by Gasteiger charge is 2.44. The van der Waals surface area contributed by atoms with Gasteiger partial charge in [0.25, 0.3) is 0 Å². The number of benzene rings is 1. The van der Waals surface area contributed by atoms with Crippen LogP contribution in [-0.4, -0.2) is 15.6 Å². The van der Waals surface area contributed by atoms with E-state index in [9.17, 15) is 10.1 Å². The fourth-order valence-electron chi connectivity index (χ4n) is 5.27. The molecule has 4 nitrogen and oxygen atoms in total. The van der Waals surface area contributed by atoms with Crippen LogP contribution in [0.3, 0.4) is 0 Å². The lowest BCUT2D eigenvalue weighted by atomic mass is 9.68. The Kier molecular flexibility index (Phi) is 5.57. The van der Waals surface area contributed by atoms with Crippen LogP contribution in [0.15, 0.2) is 24.3 Å². The SMILES string of the molecule is CC(C)c1ccc(-n2nc(CCC3CCCC3)c3c2C(C#N)C(C)(C)CC3=O)cc1. The van der Waals surface area contributed by atoms with Gasteiger partial charge in [0.15, 0.2) is 5.78 Å². The van der Waals surface area contributed by atoms with E-state index in [1.807, 2.05) is 18.5 Å². The van der Waals surface area contributed by atoms with Crippen molar-refractivity contribution in [3.8, 4) is 11.8 Å². The highest BCUT2D eigenvalue weighted by Crippen LogP contribution is 2.46. The van der Waals surface area contributed by atoms with Crippen molar-refractivity contribution in [3.63, 3.8) is 0 Å². The third-order valence-corrected chi connectivity index (χ3v) is 7.14. The van der Waals surface area contributed by atoms with Gasteiger partial charge < -0.3 is 0 Å². The van der Waals surface area contributed by atoms with E-state index in [-0.39, 0.29) is 11.7 Å². The zero-order valence-corrected chi connectivity index (χ0v) is 18.7. The molecule has 4 heteroatoms. The number of carbonyl (C=O) groups excluding carboxylic acids is 1. The Labute approximate surface area is 180 Å². The molecule has 1 aromatic carbocycles. The van der Waals surface area contributed by atoms with Crippen LogP contribution < -0.4 is 0 Å². The third kappa shape index (κ3) is 3.71. The van der Waals surface area contributed by atoms with Crippen LogP contribution in [0.4, 0.5) is 0 Å². The van der Waals surface area contributed by atoms with E-state index < -0.39 is 5.41 Å². The average molecular weight is 404 g/mol. The van der Waals surface area contributed by atoms with Crippen LogP contribution in [0.1, 0.15) is 105 Å². The minimum atomic E-state index is -0.392. The van der Waals surface area contributed by atoms with Gasteiger partial charge in [-0.2, -0.15) is 10.4 Å². The first-order valence-electron chi connectivity index (χ1n) is 11.5. The van der Waals surface area contributed by atoms with Crippen molar-refractivity contribution in [2.45, 2.75) is 84.5 Å². The van der Waals surface area contributed by atoms with Gasteiger partial charge in [-0.25, -0.2) is 4.68 Å². The van der Waals surface area contributed by atoms with Crippen molar-refractivity contribution in [3.05, 3.63) is 46.8 Å². The van der Waals surface area contributed by atoms with E-state index in [0.717, 1.165) is 41.4 Å². The standard InChI is InChI=1S/C26H33N3O/c1-17(2)19-10-12-20(13-11-19)29-25-21(16-27)26(3,4)15-23(30)24(25)22(28-29)14-9-18-7-5-6-8-18/h10-13,17-18,21H,5-9,14-15H2,1-4H3. The smallest absolute Gasteiger partial charge is 0.167 e. The van der Waals surface area contributed by atoms with Crippen LogP contribution in [0, 0.1) is 22.7 Å². The van der Waals surface area contributed by atoms with Crippen LogP contribution in [0.2, 0.25) is 0 Å². The zero-order valence-electron chi connectivity index (χ0n) is 18.7. The topological polar surface area (TPSA) is 58.7 Å². The van der Waals surface area contributed by atoms with Crippen molar-refractivity contribution < 1.29 is 4.79 Å². The predicted octanol–water partition coefficient (Wildman–Crippen LogP) is 6.34. The Morgan fingerprint density at radius 3 is 2.47 bits per heavy atom.